The third-order valence-corrected chi connectivity index (χ3v) is 2.86. The highest BCUT2D eigenvalue weighted by Crippen LogP contribution is 2.14. The minimum Gasteiger partial charge on any atom is -0.494 e. The fourth-order valence-electron chi connectivity index (χ4n) is 1.52. The second-order valence-corrected chi connectivity index (χ2v) is 4.07. The summed E-state index contributed by atoms with van der Waals surface area (Å²) in [6, 6.07) is 6.35. The third kappa shape index (κ3) is 3.61. The van der Waals surface area contributed by atoms with Crippen LogP contribution in [0.4, 0.5) is 0 Å². The summed E-state index contributed by atoms with van der Waals surface area (Å²) in [5.41, 5.74) is 6.00. The van der Waals surface area contributed by atoms with Crippen LogP contribution in [0.5, 0.6) is 5.75 Å². The Labute approximate surface area is 112 Å². The van der Waals surface area contributed by atoms with Gasteiger partial charge < -0.3 is 20.6 Å². The van der Waals surface area contributed by atoms with Crippen molar-refractivity contribution in [2.24, 2.45) is 10.9 Å². The maximum Gasteiger partial charge on any atom is 0.254 e. The van der Waals surface area contributed by atoms with E-state index in [0.29, 0.717) is 17.9 Å². The lowest BCUT2D eigenvalue weighted by atomic mass is 10.1. The Balaban J connectivity index is 2.82. The van der Waals surface area contributed by atoms with E-state index in [2.05, 4.69) is 5.16 Å². The lowest BCUT2D eigenvalue weighted by Crippen LogP contribution is -2.43. The summed E-state index contributed by atoms with van der Waals surface area (Å²) in [6.07, 6.45) is 0. The number of carbonyl (C=O) groups excluding carboxylic acids is 1. The smallest absolute Gasteiger partial charge is 0.254 e. The van der Waals surface area contributed by atoms with E-state index in [0.717, 1.165) is 0 Å². The van der Waals surface area contributed by atoms with E-state index in [1.54, 1.807) is 38.2 Å². The number of oxime groups is 1. The maximum absolute atomic E-state index is 12.2. The predicted octanol–water partition coefficient (Wildman–Crippen LogP) is 1.29. The van der Waals surface area contributed by atoms with Gasteiger partial charge in [0.15, 0.2) is 5.84 Å². The summed E-state index contributed by atoms with van der Waals surface area (Å²) in [4.78, 5) is 13.6. The Morgan fingerprint density at radius 2 is 2.05 bits per heavy atom. The highest BCUT2D eigenvalue weighted by Gasteiger charge is 2.20. The molecule has 1 amide bonds. The van der Waals surface area contributed by atoms with Crippen molar-refractivity contribution in [2.45, 2.75) is 19.9 Å². The van der Waals surface area contributed by atoms with Crippen LogP contribution in [0.2, 0.25) is 0 Å². The molecule has 0 aromatic heterocycles. The number of carbonyl (C=O) groups is 1. The summed E-state index contributed by atoms with van der Waals surface area (Å²) in [5.74, 6) is 0.495. The van der Waals surface area contributed by atoms with E-state index in [-0.39, 0.29) is 11.7 Å². The average molecular weight is 265 g/mol. The zero-order valence-corrected chi connectivity index (χ0v) is 11.3. The molecule has 0 radical (unpaired) electrons. The lowest BCUT2D eigenvalue weighted by molar-refractivity contribution is 0.0776. The third-order valence-electron chi connectivity index (χ3n) is 2.86. The molecule has 0 aliphatic heterocycles. The number of rotatable bonds is 5. The van der Waals surface area contributed by atoms with Gasteiger partial charge in [0, 0.05) is 12.6 Å². The summed E-state index contributed by atoms with van der Waals surface area (Å²) in [7, 11) is 1.60. The number of amidine groups is 1. The molecule has 1 aromatic rings. The van der Waals surface area contributed by atoms with Crippen LogP contribution in [0, 0.1) is 0 Å². The van der Waals surface area contributed by atoms with E-state index in [1.165, 1.54) is 4.90 Å². The summed E-state index contributed by atoms with van der Waals surface area (Å²) >= 11 is 0. The highest BCUT2D eigenvalue weighted by atomic mass is 16.5. The summed E-state index contributed by atoms with van der Waals surface area (Å²) in [6.45, 7) is 4.15. The Hall–Kier alpha value is -2.24. The van der Waals surface area contributed by atoms with Gasteiger partial charge in [-0.25, -0.2) is 0 Å². The molecule has 1 unspecified atom stereocenters. The molecule has 0 aliphatic carbocycles. The van der Waals surface area contributed by atoms with Gasteiger partial charge in [-0.15, -0.1) is 0 Å². The largest absolute Gasteiger partial charge is 0.494 e. The normalized spacial score (nSPS) is 12.9. The van der Waals surface area contributed by atoms with Gasteiger partial charge in [0.25, 0.3) is 5.91 Å². The standard InChI is InChI=1S/C13H19N3O3/c1-4-19-11-7-5-10(6-8-11)13(17)16(3)9(2)12(14)15-18/h5-9,18H,4H2,1-3H3,(H2,14,15). The average Bonchev–Trinajstić information content (AvgIpc) is 2.45. The molecular formula is C13H19N3O3. The van der Waals surface area contributed by atoms with E-state index >= 15 is 0 Å². The van der Waals surface area contributed by atoms with E-state index < -0.39 is 6.04 Å². The molecule has 19 heavy (non-hydrogen) atoms. The number of nitrogens with two attached hydrogens (primary N) is 1. The molecule has 0 bridgehead atoms. The number of amides is 1. The van der Waals surface area contributed by atoms with Crippen LogP contribution in [-0.2, 0) is 0 Å². The van der Waals surface area contributed by atoms with Crippen molar-refractivity contribution in [3.05, 3.63) is 29.8 Å². The van der Waals surface area contributed by atoms with Crippen molar-refractivity contribution < 1.29 is 14.7 Å². The first-order valence-electron chi connectivity index (χ1n) is 5.98. The first kappa shape index (κ1) is 14.8. The second-order valence-electron chi connectivity index (χ2n) is 4.07. The lowest BCUT2D eigenvalue weighted by Gasteiger charge is -2.23. The molecule has 3 N–H and O–H groups in total. The molecule has 0 spiro atoms. The zero-order valence-electron chi connectivity index (χ0n) is 11.3. The van der Waals surface area contributed by atoms with Crippen LogP contribution < -0.4 is 10.5 Å². The Bertz CT molecular complexity index is 457. The van der Waals surface area contributed by atoms with Gasteiger partial charge in [0.2, 0.25) is 0 Å². The SMILES string of the molecule is CCOc1ccc(C(=O)N(C)C(C)C(N)=NO)cc1. The molecule has 0 saturated carbocycles. The van der Waals surface area contributed by atoms with Gasteiger partial charge in [-0.2, -0.15) is 0 Å². The van der Waals surface area contributed by atoms with Gasteiger partial charge in [-0.1, -0.05) is 5.16 Å². The Morgan fingerprint density at radius 3 is 2.53 bits per heavy atom. The van der Waals surface area contributed by atoms with Crippen LogP contribution in [0.15, 0.2) is 29.4 Å². The topological polar surface area (TPSA) is 88.2 Å². The van der Waals surface area contributed by atoms with Crippen LogP contribution >= 0.6 is 0 Å². The highest BCUT2D eigenvalue weighted by molar-refractivity contribution is 5.98. The van der Waals surface area contributed by atoms with Crippen molar-refractivity contribution in [3.8, 4) is 5.75 Å². The molecule has 0 saturated heterocycles. The number of hydrogen-bond donors (Lipinski definition) is 2. The molecule has 1 atom stereocenters. The molecule has 0 heterocycles. The number of nitrogens with zero attached hydrogens (tertiary/aromatic N) is 2. The number of ether oxygens (including phenoxy) is 1. The van der Waals surface area contributed by atoms with Crippen molar-refractivity contribution in [1.29, 1.82) is 0 Å². The second kappa shape index (κ2) is 6.63. The first-order chi connectivity index (χ1) is 9.01. The summed E-state index contributed by atoms with van der Waals surface area (Å²) in [5, 5.41) is 11.5. The monoisotopic (exact) mass is 265 g/mol. The van der Waals surface area contributed by atoms with Gasteiger partial charge in [-0.3, -0.25) is 4.79 Å². The minimum atomic E-state index is -0.482. The van der Waals surface area contributed by atoms with Crippen LogP contribution in [0.1, 0.15) is 24.2 Å². The fourth-order valence-corrected chi connectivity index (χ4v) is 1.52. The van der Waals surface area contributed by atoms with Gasteiger partial charge in [0.05, 0.1) is 12.6 Å². The first-order valence-corrected chi connectivity index (χ1v) is 5.98. The van der Waals surface area contributed by atoms with Crippen molar-refractivity contribution >= 4 is 11.7 Å². The molecule has 1 aromatic carbocycles. The van der Waals surface area contributed by atoms with Crippen LogP contribution in [0.25, 0.3) is 0 Å². The minimum absolute atomic E-state index is 0.0122. The molecule has 6 nitrogen and oxygen atoms in total. The van der Waals surface area contributed by atoms with Gasteiger partial charge >= 0.3 is 0 Å². The van der Waals surface area contributed by atoms with E-state index in [4.69, 9.17) is 15.7 Å². The van der Waals surface area contributed by atoms with E-state index in [9.17, 15) is 4.79 Å². The molecule has 104 valence electrons. The predicted molar refractivity (Wildman–Crippen MR) is 72.6 cm³/mol. The summed E-state index contributed by atoms with van der Waals surface area (Å²) < 4.78 is 5.31. The zero-order chi connectivity index (χ0) is 14.4. The fraction of sp³-hybridized carbons (Fsp3) is 0.385. The molecule has 6 heteroatoms. The maximum atomic E-state index is 12.2. The van der Waals surface area contributed by atoms with Gasteiger partial charge in [0.1, 0.15) is 5.75 Å². The van der Waals surface area contributed by atoms with Crippen LogP contribution in [0.3, 0.4) is 0 Å². The number of hydrogen-bond acceptors (Lipinski definition) is 4. The Kier molecular flexibility index (Phi) is 5.17. The van der Waals surface area contributed by atoms with Crippen molar-refractivity contribution in [1.82, 2.24) is 4.90 Å². The Morgan fingerprint density at radius 1 is 1.47 bits per heavy atom. The van der Waals surface area contributed by atoms with Crippen molar-refractivity contribution in [3.63, 3.8) is 0 Å². The quantitative estimate of drug-likeness (QED) is 0.363. The molecule has 1 rings (SSSR count). The number of benzene rings is 1. The van der Waals surface area contributed by atoms with Crippen LogP contribution in [-0.4, -0.2) is 41.5 Å². The molecular weight excluding hydrogens is 246 g/mol. The van der Waals surface area contributed by atoms with E-state index in [1.807, 2.05) is 6.92 Å². The molecule has 0 fully saturated rings. The number of likely N-dealkylation sites (N-methyl/N-ethyl adjacent to an activating group) is 1. The van der Waals surface area contributed by atoms with Gasteiger partial charge in [-0.05, 0) is 38.1 Å². The molecule has 0 aliphatic rings. The van der Waals surface area contributed by atoms with Crippen molar-refractivity contribution in [2.75, 3.05) is 13.7 Å².